The van der Waals surface area contributed by atoms with Crippen LogP contribution in [0.25, 0.3) is 0 Å². The van der Waals surface area contributed by atoms with E-state index < -0.39 is 6.10 Å². The van der Waals surface area contributed by atoms with Gasteiger partial charge in [0.15, 0.2) is 0 Å². The molecule has 0 saturated carbocycles. The van der Waals surface area contributed by atoms with Gasteiger partial charge in [0.05, 0.1) is 6.10 Å². The second-order valence-electron chi connectivity index (χ2n) is 6.93. The lowest BCUT2D eigenvalue weighted by molar-refractivity contribution is -0.114. The zero-order valence-electron chi connectivity index (χ0n) is 16.8. The molecule has 0 saturated heterocycles. The number of aliphatic hydroxyl groups excluding tert-OH is 1. The van der Waals surface area contributed by atoms with Crippen LogP contribution in [0.4, 0.5) is 11.4 Å². The standard InChI is InChI=1S/C24H25N3O3/c1-17(28)22-13-12-20(14-19(22)15-25)26-23(29)16-27(21-10-6-3-7-11-21)24(30)18-8-4-2-5-9-18/h2-14,17,28H,15-16,25H2,1H3,(H,26,29). The summed E-state index contributed by atoms with van der Waals surface area (Å²) in [5.74, 6) is -0.597. The van der Waals surface area contributed by atoms with Crippen LogP contribution >= 0.6 is 0 Å². The Morgan fingerprint density at radius 2 is 1.63 bits per heavy atom. The maximum Gasteiger partial charge on any atom is 0.258 e. The van der Waals surface area contributed by atoms with Crippen LogP contribution in [0.15, 0.2) is 78.9 Å². The van der Waals surface area contributed by atoms with Crippen molar-refractivity contribution in [2.24, 2.45) is 5.73 Å². The van der Waals surface area contributed by atoms with Gasteiger partial charge in [0.1, 0.15) is 6.54 Å². The molecule has 0 bridgehead atoms. The molecule has 1 atom stereocenters. The lowest BCUT2D eigenvalue weighted by atomic mass is 10.0. The van der Waals surface area contributed by atoms with Crippen molar-refractivity contribution >= 4 is 23.2 Å². The molecule has 0 heterocycles. The highest BCUT2D eigenvalue weighted by Crippen LogP contribution is 2.22. The molecule has 1 unspecified atom stereocenters. The first kappa shape index (κ1) is 21.2. The van der Waals surface area contributed by atoms with Crippen molar-refractivity contribution in [2.75, 3.05) is 16.8 Å². The van der Waals surface area contributed by atoms with Crippen molar-refractivity contribution in [2.45, 2.75) is 19.6 Å². The number of hydrogen-bond donors (Lipinski definition) is 3. The third kappa shape index (κ3) is 5.11. The molecule has 3 aromatic rings. The first-order valence-corrected chi connectivity index (χ1v) is 9.72. The van der Waals surface area contributed by atoms with Crippen molar-refractivity contribution in [3.05, 3.63) is 95.6 Å². The van der Waals surface area contributed by atoms with Gasteiger partial charge in [-0.2, -0.15) is 0 Å². The molecular formula is C24H25N3O3. The number of amides is 2. The van der Waals surface area contributed by atoms with Gasteiger partial charge in [0.2, 0.25) is 5.91 Å². The summed E-state index contributed by atoms with van der Waals surface area (Å²) in [5, 5.41) is 12.7. The fourth-order valence-electron chi connectivity index (χ4n) is 3.24. The Hall–Kier alpha value is -3.48. The second-order valence-corrected chi connectivity index (χ2v) is 6.93. The zero-order valence-corrected chi connectivity index (χ0v) is 16.8. The quantitative estimate of drug-likeness (QED) is 0.563. The van der Waals surface area contributed by atoms with Gasteiger partial charge in [-0.05, 0) is 54.4 Å². The molecular weight excluding hydrogens is 378 g/mol. The number of anilines is 2. The number of hydrogen-bond acceptors (Lipinski definition) is 4. The first-order chi connectivity index (χ1) is 14.5. The summed E-state index contributed by atoms with van der Waals surface area (Å²) in [6.45, 7) is 1.76. The molecule has 4 N–H and O–H groups in total. The Balaban J connectivity index is 1.81. The topological polar surface area (TPSA) is 95.7 Å². The normalized spacial score (nSPS) is 11.6. The van der Waals surface area contributed by atoms with Gasteiger partial charge >= 0.3 is 0 Å². The van der Waals surface area contributed by atoms with E-state index >= 15 is 0 Å². The number of aliphatic hydroxyl groups is 1. The molecule has 0 aliphatic rings. The van der Waals surface area contributed by atoms with Crippen LogP contribution in [0.1, 0.15) is 34.5 Å². The maximum absolute atomic E-state index is 13.1. The molecule has 0 fully saturated rings. The Kier molecular flexibility index (Phi) is 6.95. The molecule has 6 heteroatoms. The largest absolute Gasteiger partial charge is 0.389 e. The minimum absolute atomic E-state index is 0.145. The smallest absolute Gasteiger partial charge is 0.258 e. The molecule has 6 nitrogen and oxygen atoms in total. The number of nitrogens with zero attached hydrogens (tertiary/aromatic N) is 1. The Morgan fingerprint density at radius 3 is 2.23 bits per heavy atom. The number of nitrogens with one attached hydrogen (secondary N) is 1. The van der Waals surface area contributed by atoms with Crippen LogP contribution in [0.5, 0.6) is 0 Å². The van der Waals surface area contributed by atoms with Gasteiger partial charge in [-0.15, -0.1) is 0 Å². The molecule has 0 spiro atoms. The predicted molar refractivity (Wildman–Crippen MR) is 118 cm³/mol. The van der Waals surface area contributed by atoms with Crippen LogP contribution in [0.2, 0.25) is 0 Å². The Labute approximate surface area is 176 Å². The number of carbonyl (C=O) groups excluding carboxylic acids is 2. The zero-order chi connectivity index (χ0) is 21.5. The summed E-state index contributed by atoms with van der Waals surface area (Å²) in [5.41, 5.74) is 8.94. The highest BCUT2D eigenvalue weighted by Gasteiger charge is 2.21. The molecule has 0 aliphatic heterocycles. The average Bonchev–Trinajstić information content (AvgIpc) is 2.78. The van der Waals surface area contributed by atoms with Gasteiger partial charge < -0.3 is 16.2 Å². The summed E-state index contributed by atoms with van der Waals surface area (Å²) >= 11 is 0. The van der Waals surface area contributed by atoms with Crippen LogP contribution in [0, 0.1) is 0 Å². The monoisotopic (exact) mass is 403 g/mol. The molecule has 0 radical (unpaired) electrons. The predicted octanol–water partition coefficient (Wildman–Crippen LogP) is 3.48. The van der Waals surface area contributed by atoms with Crippen molar-refractivity contribution in [1.82, 2.24) is 0 Å². The summed E-state index contributed by atoms with van der Waals surface area (Å²) < 4.78 is 0. The average molecular weight is 403 g/mol. The van der Waals surface area contributed by atoms with Crippen LogP contribution in [0.3, 0.4) is 0 Å². The number of carbonyl (C=O) groups is 2. The van der Waals surface area contributed by atoms with E-state index in [0.29, 0.717) is 16.9 Å². The van der Waals surface area contributed by atoms with Crippen molar-refractivity contribution in [3.8, 4) is 0 Å². The van der Waals surface area contributed by atoms with Gasteiger partial charge in [0, 0.05) is 23.5 Å². The van der Waals surface area contributed by atoms with Crippen LogP contribution in [-0.4, -0.2) is 23.5 Å². The third-order valence-corrected chi connectivity index (χ3v) is 4.73. The number of para-hydroxylation sites is 1. The minimum atomic E-state index is -0.648. The SMILES string of the molecule is CC(O)c1ccc(NC(=O)CN(C(=O)c2ccccc2)c2ccccc2)cc1CN. The fraction of sp³-hybridized carbons (Fsp3) is 0.167. The summed E-state index contributed by atoms with van der Waals surface area (Å²) in [4.78, 5) is 27.3. The highest BCUT2D eigenvalue weighted by molar-refractivity contribution is 6.10. The molecule has 2 amide bonds. The first-order valence-electron chi connectivity index (χ1n) is 9.72. The Bertz CT molecular complexity index is 1000. The lowest BCUT2D eigenvalue weighted by Crippen LogP contribution is -2.38. The second kappa shape index (κ2) is 9.82. The Morgan fingerprint density at radius 1 is 1.00 bits per heavy atom. The molecule has 0 aromatic heterocycles. The lowest BCUT2D eigenvalue weighted by Gasteiger charge is -2.23. The van der Waals surface area contributed by atoms with E-state index in [1.54, 1.807) is 61.5 Å². The summed E-state index contributed by atoms with van der Waals surface area (Å²) in [6, 6.07) is 23.1. The maximum atomic E-state index is 13.1. The van der Waals surface area contributed by atoms with E-state index in [9.17, 15) is 14.7 Å². The molecule has 3 rings (SSSR count). The van der Waals surface area contributed by atoms with E-state index in [0.717, 1.165) is 11.1 Å². The van der Waals surface area contributed by atoms with Crippen LogP contribution in [-0.2, 0) is 11.3 Å². The van der Waals surface area contributed by atoms with E-state index in [2.05, 4.69) is 5.32 Å². The number of nitrogens with two attached hydrogens (primary N) is 1. The van der Waals surface area contributed by atoms with Gasteiger partial charge in [-0.1, -0.05) is 42.5 Å². The third-order valence-electron chi connectivity index (χ3n) is 4.73. The van der Waals surface area contributed by atoms with E-state index in [1.807, 2.05) is 24.3 Å². The number of rotatable bonds is 7. The van der Waals surface area contributed by atoms with Crippen molar-refractivity contribution in [1.29, 1.82) is 0 Å². The van der Waals surface area contributed by atoms with Crippen molar-refractivity contribution < 1.29 is 14.7 Å². The summed E-state index contributed by atoms with van der Waals surface area (Å²) in [7, 11) is 0. The molecule has 3 aromatic carbocycles. The van der Waals surface area contributed by atoms with E-state index in [4.69, 9.17) is 5.73 Å². The van der Waals surface area contributed by atoms with Gasteiger partial charge in [0.25, 0.3) is 5.91 Å². The van der Waals surface area contributed by atoms with Crippen molar-refractivity contribution in [3.63, 3.8) is 0 Å². The van der Waals surface area contributed by atoms with E-state index in [1.165, 1.54) is 4.90 Å². The number of benzene rings is 3. The summed E-state index contributed by atoms with van der Waals surface area (Å²) in [6.07, 6.45) is -0.648. The minimum Gasteiger partial charge on any atom is -0.389 e. The molecule has 154 valence electrons. The van der Waals surface area contributed by atoms with Gasteiger partial charge in [-0.3, -0.25) is 14.5 Å². The molecule has 30 heavy (non-hydrogen) atoms. The highest BCUT2D eigenvalue weighted by atomic mass is 16.3. The van der Waals surface area contributed by atoms with Gasteiger partial charge in [-0.25, -0.2) is 0 Å². The van der Waals surface area contributed by atoms with E-state index in [-0.39, 0.29) is 24.9 Å². The van der Waals surface area contributed by atoms with Crippen LogP contribution < -0.4 is 16.0 Å². The molecule has 0 aliphatic carbocycles. The fourth-order valence-corrected chi connectivity index (χ4v) is 3.24.